The minimum atomic E-state index is -0.378. The van der Waals surface area contributed by atoms with Gasteiger partial charge < -0.3 is 10.2 Å². The number of halogens is 4. The first-order valence-corrected chi connectivity index (χ1v) is 9.86. The molecule has 2 aromatic rings. The smallest absolute Gasteiger partial charge is 0.129 e. The molecule has 1 aliphatic rings. The van der Waals surface area contributed by atoms with Gasteiger partial charge in [-0.1, -0.05) is 44.0 Å². The van der Waals surface area contributed by atoms with Gasteiger partial charge in [-0.3, -0.25) is 4.90 Å². The Morgan fingerprint density at radius 3 is 1.88 bits per heavy atom. The van der Waals surface area contributed by atoms with Gasteiger partial charge in [-0.15, -0.1) is 0 Å². The highest BCUT2D eigenvalue weighted by atomic mass is 79.9. The molecule has 0 aromatic heterocycles. The molecule has 142 valence electrons. The molecule has 2 N–H and O–H groups in total. The molecule has 0 unspecified atom stereocenters. The average molecular weight is 493 g/mol. The summed E-state index contributed by atoms with van der Waals surface area (Å²) in [5, 5.41) is 17.9. The van der Waals surface area contributed by atoms with Crippen LogP contribution in [-0.4, -0.2) is 34.3 Å². The Morgan fingerprint density at radius 2 is 1.42 bits per heavy atom. The van der Waals surface area contributed by atoms with Crippen LogP contribution in [0.5, 0.6) is 0 Å². The molecule has 0 spiro atoms. The Morgan fingerprint density at radius 1 is 0.923 bits per heavy atom. The fourth-order valence-corrected chi connectivity index (χ4v) is 3.28. The van der Waals surface area contributed by atoms with E-state index in [0.29, 0.717) is 16.6 Å². The van der Waals surface area contributed by atoms with Crippen LogP contribution >= 0.6 is 31.9 Å². The predicted octanol–water partition coefficient (Wildman–Crippen LogP) is 4.63. The Balaban J connectivity index is 0.000000209. The van der Waals surface area contributed by atoms with Gasteiger partial charge in [0.1, 0.15) is 11.6 Å². The summed E-state index contributed by atoms with van der Waals surface area (Å²) in [5.41, 5.74) is 1.04. The van der Waals surface area contributed by atoms with Crippen molar-refractivity contribution in [1.29, 1.82) is 0 Å². The summed E-state index contributed by atoms with van der Waals surface area (Å²) in [6.07, 6.45) is 1.40. The molecule has 3 nitrogen and oxygen atoms in total. The van der Waals surface area contributed by atoms with Crippen LogP contribution in [0.2, 0.25) is 0 Å². The molecule has 0 aliphatic carbocycles. The number of piperidine rings is 1. The second-order valence-corrected chi connectivity index (χ2v) is 7.97. The van der Waals surface area contributed by atoms with Crippen LogP contribution in [-0.2, 0) is 13.2 Å². The molecule has 0 bridgehead atoms. The molecule has 1 heterocycles. The third-order valence-electron chi connectivity index (χ3n) is 4.15. The molecule has 2 aromatic carbocycles. The van der Waals surface area contributed by atoms with Gasteiger partial charge in [0.05, 0.1) is 12.7 Å². The summed E-state index contributed by atoms with van der Waals surface area (Å²) >= 11 is 6.35. The van der Waals surface area contributed by atoms with Crippen LogP contribution in [0, 0.1) is 11.6 Å². The number of nitrogens with zero attached hydrogens (tertiary/aromatic N) is 1. The zero-order valence-corrected chi connectivity index (χ0v) is 17.3. The fraction of sp³-hybridized carbons (Fsp3) is 0.368. The van der Waals surface area contributed by atoms with Gasteiger partial charge in [0, 0.05) is 39.7 Å². The van der Waals surface area contributed by atoms with Crippen molar-refractivity contribution in [2.45, 2.75) is 32.1 Å². The van der Waals surface area contributed by atoms with Gasteiger partial charge in [0.25, 0.3) is 0 Å². The molecular weight excluding hydrogens is 472 g/mol. The zero-order chi connectivity index (χ0) is 19.1. The minimum absolute atomic E-state index is 0.166. The Hall–Kier alpha value is -0.860. The molecule has 0 amide bonds. The van der Waals surface area contributed by atoms with Crippen LogP contribution in [0.1, 0.15) is 24.0 Å². The maximum Gasteiger partial charge on any atom is 0.129 e. The number of aliphatic hydroxyl groups is 2. The molecule has 3 rings (SSSR count). The Bertz CT molecular complexity index is 723. The number of likely N-dealkylation sites (tertiary alicyclic amines) is 1. The highest BCUT2D eigenvalue weighted by Gasteiger charge is 2.17. The van der Waals surface area contributed by atoms with Gasteiger partial charge in [-0.2, -0.15) is 0 Å². The van der Waals surface area contributed by atoms with E-state index < -0.39 is 0 Å². The summed E-state index contributed by atoms with van der Waals surface area (Å²) in [7, 11) is 0. The maximum absolute atomic E-state index is 13.6. The monoisotopic (exact) mass is 491 g/mol. The van der Waals surface area contributed by atoms with Crippen molar-refractivity contribution in [3.05, 3.63) is 68.1 Å². The molecule has 0 radical (unpaired) electrons. The topological polar surface area (TPSA) is 43.7 Å². The van der Waals surface area contributed by atoms with E-state index in [4.69, 9.17) is 5.11 Å². The maximum atomic E-state index is 13.6. The first-order valence-electron chi connectivity index (χ1n) is 8.28. The molecular formula is C19H21Br2F2NO2. The Kier molecular flexibility index (Phi) is 8.63. The largest absolute Gasteiger partial charge is 0.393 e. The first-order chi connectivity index (χ1) is 12.4. The van der Waals surface area contributed by atoms with Crippen LogP contribution in [0.25, 0.3) is 0 Å². The van der Waals surface area contributed by atoms with Crippen molar-refractivity contribution in [1.82, 2.24) is 4.90 Å². The highest BCUT2D eigenvalue weighted by molar-refractivity contribution is 9.10. The lowest BCUT2D eigenvalue weighted by atomic mass is 10.1. The summed E-state index contributed by atoms with van der Waals surface area (Å²) in [6.45, 7) is 2.07. The normalized spacial score (nSPS) is 15.5. The van der Waals surface area contributed by atoms with Crippen LogP contribution in [0.15, 0.2) is 45.3 Å². The number of hydrogen-bond donors (Lipinski definition) is 2. The molecule has 0 saturated carbocycles. The van der Waals surface area contributed by atoms with E-state index in [1.54, 1.807) is 12.1 Å². The van der Waals surface area contributed by atoms with Crippen molar-refractivity contribution in [3.8, 4) is 0 Å². The van der Waals surface area contributed by atoms with E-state index in [0.717, 1.165) is 36.0 Å². The van der Waals surface area contributed by atoms with E-state index in [1.807, 2.05) is 12.1 Å². The lowest BCUT2D eigenvalue weighted by Crippen LogP contribution is -2.35. The van der Waals surface area contributed by atoms with Crippen LogP contribution in [0.4, 0.5) is 8.78 Å². The van der Waals surface area contributed by atoms with Gasteiger partial charge in [-0.05, 0) is 37.1 Å². The predicted molar refractivity (Wildman–Crippen MR) is 105 cm³/mol. The van der Waals surface area contributed by atoms with Gasteiger partial charge in [-0.25, -0.2) is 8.78 Å². The Labute approximate surface area is 168 Å². The van der Waals surface area contributed by atoms with Crippen molar-refractivity contribution in [2.75, 3.05) is 13.1 Å². The number of rotatable bonds is 3. The van der Waals surface area contributed by atoms with Gasteiger partial charge in [0.15, 0.2) is 0 Å². The van der Waals surface area contributed by atoms with Gasteiger partial charge in [0.2, 0.25) is 0 Å². The second-order valence-electron chi connectivity index (χ2n) is 6.14. The number of benzene rings is 2. The molecule has 7 heteroatoms. The average Bonchev–Trinajstić information content (AvgIpc) is 2.60. The quantitative estimate of drug-likeness (QED) is 0.656. The van der Waals surface area contributed by atoms with E-state index in [-0.39, 0.29) is 24.3 Å². The third kappa shape index (κ3) is 6.70. The lowest BCUT2D eigenvalue weighted by molar-refractivity contribution is 0.0787. The first kappa shape index (κ1) is 21.4. The zero-order valence-electron chi connectivity index (χ0n) is 14.1. The highest BCUT2D eigenvalue weighted by Crippen LogP contribution is 2.19. The minimum Gasteiger partial charge on any atom is -0.393 e. The van der Waals surface area contributed by atoms with Crippen molar-refractivity contribution in [3.63, 3.8) is 0 Å². The molecule has 1 fully saturated rings. The van der Waals surface area contributed by atoms with Crippen LogP contribution in [0.3, 0.4) is 0 Å². The fourth-order valence-electron chi connectivity index (χ4n) is 2.62. The standard InChI is InChI=1S/C12H15BrFNO.C7H6BrFO/c13-10-2-1-9(12(14)7-10)8-15-5-3-11(16)4-6-15;8-6-2-1-5(4-10)7(9)3-6/h1-2,7,11,16H,3-6,8H2;1-3,10H,4H2. The lowest BCUT2D eigenvalue weighted by Gasteiger charge is -2.29. The van der Waals surface area contributed by atoms with Gasteiger partial charge >= 0.3 is 0 Å². The molecule has 0 atom stereocenters. The van der Waals surface area contributed by atoms with Crippen molar-refractivity contribution < 1.29 is 19.0 Å². The van der Waals surface area contributed by atoms with Crippen LogP contribution < -0.4 is 0 Å². The van der Waals surface area contributed by atoms with E-state index in [2.05, 4.69) is 36.8 Å². The summed E-state index contributed by atoms with van der Waals surface area (Å²) in [6, 6.07) is 9.72. The van der Waals surface area contributed by atoms with Crippen molar-refractivity contribution >= 4 is 31.9 Å². The third-order valence-corrected chi connectivity index (χ3v) is 5.14. The summed E-state index contributed by atoms with van der Waals surface area (Å²) < 4.78 is 27.7. The summed E-state index contributed by atoms with van der Waals surface area (Å²) in [5.74, 6) is -0.544. The van der Waals surface area contributed by atoms with E-state index in [9.17, 15) is 13.9 Å². The number of aliphatic hydroxyl groups excluding tert-OH is 2. The second kappa shape index (κ2) is 10.5. The SMILES string of the molecule is OC1CCN(Cc2ccc(Br)cc2F)CC1.OCc1ccc(Br)cc1F. The van der Waals surface area contributed by atoms with E-state index >= 15 is 0 Å². The number of hydrogen-bond acceptors (Lipinski definition) is 3. The molecule has 26 heavy (non-hydrogen) atoms. The molecule has 1 saturated heterocycles. The van der Waals surface area contributed by atoms with Crippen molar-refractivity contribution in [2.24, 2.45) is 0 Å². The summed E-state index contributed by atoms with van der Waals surface area (Å²) in [4.78, 5) is 2.18. The molecule has 1 aliphatic heterocycles. The van der Waals surface area contributed by atoms with E-state index in [1.165, 1.54) is 12.1 Å².